The predicted molar refractivity (Wildman–Crippen MR) is 80.2 cm³/mol. The van der Waals surface area contributed by atoms with Crippen LogP contribution in [0, 0.1) is 0 Å². The van der Waals surface area contributed by atoms with Gasteiger partial charge in [-0.05, 0) is 47.5 Å². The third-order valence-electron chi connectivity index (χ3n) is 2.46. The van der Waals surface area contributed by atoms with Gasteiger partial charge >= 0.3 is 5.97 Å². The van der Waals surface area contributed by atoms with E-state index in [1.807, 2.05) is 26.0 Å². The smallest absolute Gasteiger partial charge is 0.313 e. The van der Waals surface area contributed by atoms with Crippen molar-refractivity contribution >= 4 is 33.7 Å². The van der Waals surface area contributed by atoms with Gasteiger partial charge < -0.3 is 4.74 Å². The molecule has 4 heteroatoms. The van der Waals surface area contributed by atoms with Crippen LogP contribution < -0.4 is 0 Å². The van der Waals surface area contributed by atoms with Gasteiger partial charge in [0.2, 0.25) is 0 Å². The zero-order valence-corrected chi connectivity index (χ0v) is 13.6. The lowest BCUT2D eigenvalue weighted by atomic mass is 10.0. The first-order chi connectivity index (χ1) is 8.45. The maximum Gasteiger partial charge on any atom is 0.313 e. The number of rotatable bonds is 5. The van der Waals surface area contributed by atoms with Crippen molar-refractivity contribution in [2.45, 2.75) is 43.8 Å². The number of carbonyl (C=O) groups is 1. The van der Waals surface area contributed by atoms with Crippen LogP contribution >= 0.6 is 27.7 Å². The molecule has 0 heterocycles. The highest BCUT2D eigenvalue weighted by Crippen LogP contribution is 2.33. The lowest BCUT2D eigenvalue weighted by molar-refractivity contribution is -0.144. The lowest BCUT2D eigenvalue weighted by Gasteiger charge is -2.13. The molecule has 0 bridgehead atoms. The Morgan fingerprint density at radius 1 is 1.39 bits per heavy atom. The number of hydrogen-bond acceptors (Lipinski definition) is 3. The van der Waals surface area contributed by atoms with Gasteiger partial charge in [-0.25, -0.2) is 0 Å². The van der Waals surface area contributed by atoms with E-state index in [-0.39, 0.29) is 11.9 Å². The molecule has 0 saturated carbocycles. The second-order valence-corrected chi connectivity index (χ2v) is 6.80. The van der Waals surface area contributed by atoms with Gasteiger partial charge in [-0.15, -0.1) is 11.8 Å². The van der Waals surface area contributed by atoms with Crippen molar-refractivity contribution in [2.75, 3.05) is 6.61 Å². The molecule has 0 aromatic heterocycles. The van der Waals surface area contributed by atoms with E-state index in [9.17, 15) is 4.79 Å². The van der Waals surface area contributed by atoms with E-state index in [1.165, 1.54) is 4.90 Å². The summed E-state index contributed by atoms with van der Waals surface area (Å²) in [7, 11) is 0. The summed E-state index contributed by atoms with van der Waals surface area (Å²) in [6, 6.07) is 6.06. The summed E-state index contributed by atoms with van der Waals surface area (Å²) < 4.78 is 6.07. The summed E-state index contributed by atoms with van der Waals surface area (Å²) in [6.07, 6.45) is 0. The number of halogens is 1. The number of benzene rings is 1. The monoisotopic (exact) mass is 330 g/mol. The largest absolute Gasteiger partial charge is 0.466 e. The fourth-order valence-electron chi connectivity index (χ4n) is 1.54. The molecule has 1 atom stereocenters. The molecule has 2 nitrogen and oxygen atoms in total. The minimum absolute atomic E-state index is 0.173. The first-order valence-corrected chi connectivity index (χ1v) is 7.75. The molecule has 100 valence electrons. The zero-order valence-electron chi connectivity index (χ0n) is 11.2. The maximum atomic E-state index is 11.7. The first-order valence-electron chi connectivity index (χ1n) is 6.08. The molecule has 1 unspecified atom stereocenters. The summed E-state index contributed by atoms with van der Waals surface area (Å²) in [5.41, 5.74) is 0.980. The quantitative estimate of drug-likeness (QED) is 0.582. The molecule has 0 N–H and O–H groups in total. The number of hydrogen-bond donors (Lipinski definition) is 0. The Hall–Kier alpha value is -0.480. The second kappa shape index (κ2) is 7.19. The predicted octanol–water partition coefficient (Wildman–Crippen LogP) is 4.62. The highest BCUT2D eigenvalue weighted by molar-refractivity contribution is 9.10. The van der Waals surface area contributed by atoms with E-state index in [1.54, 1.807) is 11.8 Å². The molecule has 1 aromatic rings. The van der Waals surface area contributed by atoms with Crippen LogP contribution in [0.4, 0.5) is 0 Å². The number of carbonyl (C=O) groups excluding carboxylic acids is 1. The van der Waals surface area contributed by atoms with Gasteiger partial charge in [0.05, 0.1) is 12.5 Å². The highest BCUT2D eigenvalue weighted by Gasteiger charge is 2.17. The number of esters is 1. The SMILES string of the molecule is CCOC(=O)C(C)c1ccc(SC(C)C)c(Br)c1. The fraction of sp³-hybridized carbons (Fsp3) is 0.500. The first kappa shape index (κ1) is 15.6. The minimum Gasteiger partial charge on any atom is -0.466 e. The lowest BCUT2D eigenvalue weighted by Crippen LogP contribution is -2.13. The van der Waals surface area contributed by atoms with E-state index < -0.39 is 0 Å². The van der Waals surface area contributed by atoms with E-state index in [2.05, 4.69) is 35.8 Å². The minimum atomic E-state index is -0.223. The van der Waals surface area contributed by atoms with Crippen LogP contribution in [0.25, 0.3) is 0 Å². The summed E-state index contributed by atoms with van der Waals surface area (Å²) in [4.78, 5) is 12.9. The Morgan fingerprint density at radius 3 is 2.56 bits per heavy atom. The van der Waals surface area contributed by atoms with E-state index in [4.69, 9.17) is 4.74 Å². The molecule has 0 saturated heterocycles. The average Bonchev–Trinajstić information content (AvgIpc) is 2.30. The Morgan fingerprint density at radius 2 is 2.06 bits per heavy atom. The number of ether oxygens (including phenoxy) is 1. The van der Waals surface area contributed by atoms with Gasteiger partial charge in [-0.2, -0.15) is 0 Å². The molecule has 1 aromatic carbocycles. The summed E-state index contributed by atoms with van der Waals surface area (Å²) in [6.45, 7) is 8.43. The molecule has 0 radical (unpaired) electrons. The van der Waals surface area contributed by atoms with E-state index in [0.717, 1.165) is 10.0 Å². The molecular weight excluding hydrogens is 312 g/mol. The van der Waals surface area contributed by atoms with Crippen molar-refractivity contribution < 1.29 is 9.53 Å². The fourth-order valence-corrected chi connectivity index (χ4v) is 3.04. The average molecular weight is 331 g/mol. The van der Waals surface area contributed by atoms with Crippen LogP contribution in [-0.2, 0) is 9.53 Å². The zero-order chi connectivity index (χ0) is 13.7. The summed E-state index contributed by atoms with van der Waals surface area (Å²) >= 11 is 5.36. The third-order valence-corrected chi connectivity index (χ3v) is 4.46. The van der Waals surface area contributed by atoms with Crippen molar-refractivity contribution in [3.05, 3.63) is 28.2 Å². The highest BCUT2D eigenvalue weighted by atomic mass is 79.9. The normalized spacial score (nSPS) is 12.6. The van der Waals surface area contributed by atoms with Gasteiger partial charge in [0.25, 0.3) is 0 Å². The molecule has 0 aliphatic heterocycles. The van der Waals surface area contributed by atoms with Crippen LogP contribution in [0.5, 0.6) is 0 Å². The van der Waals surface area contributed by atoms with Crippen molar-refractivity contribution in [3.8, 4) is 0 Å². The van der Waals surface area contributed by atoms with Crippen molar-refractivity contribution in [2.24, 2.45) is 0 Å². The Bertz CT molecular complexity index is 418. The third kappa shape index (κ3) is 4.32. The molecule has 18 heavy (non-hydrogen) atoms. The molecule has 0 spiro atoms. The molecule has 0 fully saturated rings. The van der Waals surface area contributed by atoms with E-state index in [0.29, 0.717) is 11.9 Å². The van der Waals surface area contributed by atoms with Crippen LogP contribution in [0.15, 0.2) is 27.6 Å². The maximum absolute atomic E-state index is 11.7. The van der Waals surface area contributed by atoms with Crippen LogP contribution in [0.2, 0.25) is 0 Å². The molecular formula is C14H19BrO2S. The van der Waals surface area contributed by atoms with E-state index >= 15 is 0 Å². The Kier molecular flexibility index (Phi) is 6.22. The van der Waals surface area contributed by atoms with Crippen molar-refractivity contribution in [1.82, 2.24) is 0 Å². The van der Waals surface area contributed by atoms with Gasteiger partial charge in [0, 0.05) is 14.6 Å². The Balaban J connectivity index is 2.86. The van der Waals surface area contributed by atoms with Gasteiger partial charge in [0.15, 0.2) is 0 Å². The van der Waals surface area contributed by atoms with Crippen molar-refractivity contribution in [1.29, 1.82) is 0 Å². The second-order valence-electron chi connectivity index (χ2n) is 4.33. The Labute approximate surface area is 122 Å². The topological polar surface area (TPSA) is 26.3 Å². The van der Waals surface area contributed by atoms with Crippen LogP contribution in [0.3, 0.4) is 0 Å². The molecule has 1 rings (SSSR count). The standard InChI is InChI=1S/C14H19BrO2S/c1-5-17-14(16)10(4)11-6-7-13(12(15)8-11)18-9(2)3/h6-10H,5H2,1-4H3. The van der Waals surface area contributed by atoms with Gasteiger partial charge in [-0.3, -0.25) is 4.79 Å². The van der Waals surface area contributed by atoms with Gasteiger partial charge in [-0.1, -0.05) is 19.9 Å². The molecule has 0 amide bonds. The summed E-state index contributed by atoms with van der Waals surface area (Å²) in [5, 5.41) is 0.537. The van der Waals surface area contributed by atoms with Crippen molar-refractivity contribution in [3.63, 3.8) is 0 Å². The van der Waals surface area contributed by atoms with Crippen LogP contribution in [0.1, 0.15) is 39.2 Å². The molecule has 0 aliphatic carbocycles. The van der Waals surface area contributed by atoms with Crippen LogP contribution in [-0.4, -0.2) is 17.8 Å². The number of thioether (sulfide) groups is 1. The molecule has 0 aliphatic rings. The van der Waals surface area contributed by atoms with Gasteiger partial charge in [0.1, 0.15) is 0 Å². The summed E-state index contributed by atoms with van der Waals surface area (Å²) in [5.74, 6) is -0.395.